The molecular formula is C24H21ClO6. The van der Waals surface area contributed by atoms with Crippen LogP contribution in [0.4, 0.5) is 0 Å². The molecule has 0 saturated carbocycles. The highest BCUT2D eigenvalue weighted by Gasteiger charge is 2.16. The van der Waals surface area contributed by atoms with E-state index in [-0.39, 0.29) is 6.61 Å². The second-order valence-corrected chi connectivity index (χ2v) is 7.65. The summed E-state index contributed by atoms with van der Waals surface area (Å²) in [7, 11) is 3.00. The average molecular weight is 441 g/mol. The molecule has 0 fully saturated rings. The van der Waals surface area contributed by atoms with Crippen LogP contribution >= 0.6 is 11.6 Å². The number of carbonyl (C=O) groups excluding carboxylic acids is 1. The summed E-state index contributed by atoms with van der Waals surface area (Å²) >= 11 is 6.19. The van der Waals surface area contributed by atoms with Gasteiger partial charge in [-0.2, -0.15) is 0 Å². The number of halogens is 1. The van der Waals surface area contributed by atoms with Crippen LogP contribution in [0.5, 0.6) is 11.5 Å². The van der Waals surface area contributed by atoms with E-state index >= 15 is 0 Å². The van der Waals surface area contributed by atoms with Gasteiger partial charge in [0, 0.05) is 23.1 Å². The summed E-state index contributed by atoms with van der Waals surface area (Å²) in [6.45, 7) is -0.0310. The van der Waals surface area contributed by atoms with Gasteiger partial charge in [-0.15, -0.1) is 0 Å². The Kier molecular flexibility index (Phi) is 6.00. The molecule has 0 bridgehead atoms. The van der Waals surface area contributed by atoms with Gasteiger partial charge >= 0.3 is 11.6 Å². The summed E-state index contributed by atoms with van der Waals surface area (Å²) in [6, 6.07) is 8.68. The Morgan fingerprint density at radius 1 is 1.10 bits per heavy atom. The predicted octanol–water partition coefficient (Wildman–Crippen LogP) is 4.71. The van der Waals surface area contributed by atoms with Crippen LogP contribution in [0.2, 0.25) is 5.02 Å². The lowest BCUT2D eigenvalue weighted by Crippen LogP contribution is -2.06. The van der Waals surface area contributed by atoms with Gasteiger partial charge in [-0.3, -0.25) is 0 Å². The van der Waals surface area contributed by atoms with E-state index in [0.29, 0.717) is 33.2 Å². The zero-order valence-electron chi connectivity index (χ0n) is 17.2. The first kappa shape index (κ1) is 21.0. The first-order chi connectivity index (χ1) is 15.0. The van der Waals surface area contributed by atoms with Crippen molar-refractivity contribution in [2.75, 3.05) is 14.2 Å². The fourth-order valence-corrected chi connectivity index (χ4v) is 4.11. The molecular weight excluding hydrogens is 420 g/mol. The third-order valence-electron chi connectivity index (χ3n) is 5.28. The quantitative estimate of drug-likeness (QED) is 0.314. The van der Waals surface area contributed by atoms with Crippen LogP contribution in [0.15, 0.2) is 45.6 Å². The van der Waals surface area contributed by atoms with E-state index in [0.717, 1.165) is 24.6 Å². The van der Waals surface area contributed by atoms with Gasteiger partial charge in [0.1, 0.15) is 12.2 Å². The summed E-state index contributed by atoms with van der Waals surface area (Å²) in [5, 5.41) is 1.16. The molecule has 0 saturated heterocycles. The summed E-state index contributed by atoms with van der Waals surface area (Å²) in [5.74, 6) is 0.330. The molecule has 7 heteroatoms. The van der Waals surface area contributed by atoms with E-state index < -0.39 is 11.6 Å². The molecule has 1 aromatic heterocycles. The van der Waals surface area contributed by atoms with Crippen molar-refractivity contribution in [1.29, 1.82) is 0 Å². The van der Waals surface area contributed by atoms with Crippen molar-refractivity contribution >= 4 is 34.6 Å². The fourth-order valence-electron chi connectivity index (χ4n) is 3.81. The number of benzene rings is 2. The Balaban J connectivity index is 1.51. The molecule has 0 unspecified atom stereocenters. The molecule has 0 atom stereocenters. The van der Waals surface area contributed by atoms with Gasteiger partial charge in [0.25, 0.3) is 0 Å². The number of hydrogen-bond donors (Lipinski definition) is 0. The van der Waals surface area contributed by atoms with E-state index in [1.807, 2.05) is 12.1 Å². The van der Waals surface area contributed by atoms with Crippen LogP contribution in [-0.4, -0.2) is 20.2 Å². The van der Waals surface area contributed by atoms with Crippen LogP contribution in [0, 0.1) is 0 Å². The number of methoxy groups -OCH3 is 2. The second kappa shape index (κ2) is 8.86. The van der Waals surface area contributed by atoms with Crippen molar-refractivity contribution in [1.82, 2.24) is 0 Å². The topological polar surface area (TPSA) is 75.0 Å². The lowest BCUT2D eigenvalue weighted by molar-refractivity contribution is -0.138. The molecule has 0 amide bonds. The van der Waals surface area contributed by atoms with Gasteiger partial charge in [0.05, 0.1) is 19.2 Å². The zero-order valence-corrected chi connectivity index (χ0v) is 18.0. The molecule has 0 aliphatic heterocycles. The first-order valence-corrected chi connectivity index (χ1v) is 10.2. The number of esters is 1. The van der Waals surface area contributed by atoms with Crippen molar-refractivity contribution < 1.29 is 23.4 Å². The summed E-state index contributed by atoms with van der Waals surface area (Å²) in [5.41, 5.74) is 3.79. The number of aryl methyl sites for hydroxylation is 2. The Bertz CT molecular complexity index is 1240. The molecule has 0 spiro atoms. The molecule has 0 N–H and O–H groups in total. The third-order valence-corrected chi connectivity index (χ3v) is 5.56. The standard InChI is InChI=1S/C24H21ClO6/c1-28-21-9-14(8-19(25)24(21)29-2)6-7-22(26)30-13-17-12-23(27)31-20-11-16-5-3-4-15(16)10-18(17)20/h6-12H,3-5,13H2,1-2H3/b7-6+. The highest BCUT2D eigenvalue weighted by atomic mass is 35.5. The molecule has 6 nitrogen and oxygen atoms in total. The minimum absolute atomic E-state index is 0.0310. The predicted molar refractivity (Wildman–Crippen MR) is 118 cm³/mol. The number of fused-ring (bicyclic) bond motifs is 2. The maximum Gasteiger partial charge on any atom is 0.336 e. The van der Waals surface area contributed by atoms with Crippen molar-refractivity contribution in [3.05, 3.63) is 74.1 Å². The van der Waals surface area contributed by atoms with Crippen molar-refractivity contribution in [2.24, 2.45) is 0 Å². The van der Waals surface area contributed by atoms with Crippen LogP contribution in [0.3, 0.4) is 0 Å². The van der Waals surface area contributed by atoms with Gasteiger partial charge in [-0.1, -0.05) is 11.6 Å². The van der Waals surface area contributed by atoms with Crippen molar-refractivity contribution in [3.63, 3.8) is 0 Å². The monoisotopic (exact) mass is 440 g/mol. The SMILES string of the molecule is COc1cc(/C=C/C(=O)OCc2cc(=O)oc3cc4c(cc23)CCC4)cc(Cl)c1OC. The maximum absolute atomic E-state index is 12.3. The van der Waals surface area contributed by atoms with Gasteiger partial charge in [-0.25, -0.2) is 9.59 Å². The lowest BCUT2D eigenvalue weighted by atomic mass is 10.0. The number of carbonyl (C=O) groups is 1. The highest BCUT2D eigenvalue weighted by Crippen LogP contribution is 2.36. The second-order valence-electron chi connectivity index (χ2n) is 7.24. The minimum Gasteiger partial charge on any atom is -0.493 e. The molecule has 1 aliphatic rings. The molecule has 31 heavy (non-hydrogen) atoms. The Morgan fingerprint density at radius 2 is 1.87 bits per heavy atom. The largest absolute Gasteiger partial charge is 0.493 e. The summed E-state index contributed by atoms with van der Waals surface area (Å²) in [4.78, 5) is 24.2. The average Bonchev–Trinajstić information content (AvgIpc) is 3.21. The summed E-state index contributed by atoms with van der Waals surface area (Å²) in [6.07, 6.45) is 5.94. The van der Waals surface area contributed by atoms with E-state index in [1.165, 1.54) is 37.5 Å². The van der Waals surface area contributed by atoms with Gasteiger partial charge < -0.3 is 18.6 Å². The molecule has 4 rings (SSSR count). The number of hydrogen-bond acceptors (Lipinski definition) is 6. The minimum atomic E-state index is -0.548. The number of ether oxygens (including phenoxy) is 3. The van der Waals surface area contributed by atoms with Crippen LogP contribution in [0.1, 0.15) is 28.7 Å². The van der Waals surface area contributed by atoms with Gasteiger partial charge in [0.2, 0.25) is 0 Å². The zero-order chi connectivity index (χ0) is 22.0. The molecule has 3 aromatic rings. The molecule has 2 aromatic carbocycles. The van der Waals surface area contributed by atoms with Crippen LogP contribution in [-0.2, 0) is 29.0 Å². The lowest BCUT2D eigenvalue weighted by Gasteiger charge is -2.10. The van der Waals surface area contributed by atoms with E-state index in [1.54, 1.807) is 18.2 Å². The fraction of sp³-hybridized carbons (Fsp3) is 0.250. The van der Waals surface area contributed by atoms with E-state index in [9.17, 15) is 9.59 Å². The Labute approximate surface area is 184 Å². The van der Waals surface area contributed by atoms with Crippen LogP contribution < -0.4 is 15.1 Å². The smallest absolute Gasteiger partial charge is 0.336 e. The van der Waals surface area contributed by atoms with Gasteiger partial charge in [0.15, 0.2) is 11.5 Å². The summed E-state index contributed by atoms with van der Waals surface area (Å²) < 4.78 is 21.2. The van der Waals surface area contributed by atoms with Gasteiger partial charge in [-0.05, 0) is 66.3 Å². The van der Waals surface area contributed by atoms with E-state index in [2.05, 4.69) is 0 Å². The maximum atomic E-state index is 12.3. The molecule has 1 aliphatic carbocycles. The molecule has 1 heterocycles. The Hall–Kier alpha value is -3.25. The highest BCUT2D eigenvalue weighted by molar-refractivity contribution is 6.32. The third kappa shape index (κ3) is 4.44. The van der Waals surface area contributed by atoms with Crippen LogP contribution in [0.25, 0.3) is 17.0 Å². The van der Waals surface area contributed by atoms with E-state index in [4.69, 9.17) is 30.2 Å². The first-order valence-electron chi connectivity index (χ1n) is 9.83. The van der Waals surface area contributed by atoms with Crippen molar-refractivity contribution in [2.45, 2.75) is 25.9 Å². The Morgan fingerprint density at radius 3 is 2.61 bits per heavy atom. The molecule has 160 valence electrons. The number of rotatable bonds is 6. The molecule has 0 radical (unpaired) electrons. The van der Waals surface area contributed by atoms with Crippen molar-refractivity contribution in [3.8, 4) is 11.5 Å². The normalized spacial score (nSPS) is 12.9.